The SMILES string of the molecule is Cc1cc(C)nc(-c2cccc(-c3cc(C(C)(C)C)cc4c3[nH]c3c(-c5ccccn5)cc(C(C)(C)C)cc34)c2)c1. The second-order valence-corrected chi connectivity index (χ2v) is 13.5. The van der Waals surface area contributed by atoms with E-state index in [9.17, 15) is 0 Å². The standard InChI is InChI=1S/C38H39N3/c1-23-16-24(2)40-34(17-23)26-13-11-12-25(18-26)29-19-27(37(3,4)5)20-30-31-21-28(38(6,7)8)22-32(36(31)41-35(29)30)33-14-9-10-15-39-33/h9-22,41H,1-8H3. The van der Waals surface area contributed by atoms with Crippen molar-refractivity contribution in [2.75, 3.05) is 0 Å². The summed E-state index contributed by atoms with van der Waals surface area (Å²) < 4.78 is 0. The number of H-pyrrole nitrogens is 1. The molecule has 3 heterocycles. The normalized spacial score (nSPS) is 12.4. The van der Waals surface area contributed by atoms with Crippen LogP contribution in [0.2, 0.25) is 0 Å². The summed E-state index contributed by atoms with van der Waals surface area (Å²) in [5.41, 5.74) is 13.8. The van der Waals surface area contributed by atoms with Crippen LogP contribution >= 0.6 is 0 Å². The molecule has 0 spiro atoms. The van der Waals surface area contributed by atoms with E-state index < -0.39 is 0 Å². The summed E-state index contributed by atoms with van der Waals surface area (Å²) in [6, 6.07) is 28.7. The number of nitrogens with one attached hydrogen (secondary N) is 1. The van der Waals surface area contributed by atoms with Crippen molar-refractivity contribution >= 4 is 21.8 Å². The smallest absolute Gasteiger partial charge is 0.0723 e. The van der Waals surface area contributed by atoms with Gasteiger partial charge in [0.1, 0.15) is 0 Å². The summed E-state index contributed by atoms with van der Waals surface area (Å²) in [6.07, 6.45) is 1.88. The van der Waals surface area contributed by atoms with E-state index in [1.54, 1.807) is 0 Å². The van der Waals surface area contributed by atoms with Gasteiger partial charge in [0.15, 0.2) is 0 Å². The maximum absolute atomic E-state index is 4.86. The molecule has 0 aliphatic carbocycles. The van der Waals surface area contributed by atoms with Crippen LogP contribution in [0.25, 0.3) is 55.4 Å². The molecular formula is C38H39N3. The van der Waals surface area contributed by atoms with Crippen molar-refractivity contribution in [2.24, 2.45) is 0 Å². The highest BCUT2D eigenvalue weighted by atomic mass is 14.7. The van der Waals surface area contributed by atoms with Crippen LogP contribution in [-0.2, 0) is 10.8 Å². The summed E-state index contributed by atoms with van der Waals surface area (Å²) in [4.78, 5) is 13.5. The van der Waals surface area contributed by atoms with Gasteiger partial charge in [-0.25, -0.2) is 0 Å². The number of aromatic nitrogens is 3. The summed E-state index contributed by atoms with van der Waals surface area (Å²) in [5, 5.41) is 2.49. The summed E-state index contributed by atoms with van der Waals surface area (Å²) in [6.45, 7) is 17.9. The number of nitrogens with zero attached hydrogens (tertiary/aromatic N) is 2. The minimum absolute atomic E-state index is 0.000934. The predicted molar refractivity (Wildman–Crippen MR) is 175 cm³/mol. The molecule has 1 N–H and O–H groups in total. The number of aromatic amines is 1. The molecule has 0 amide bonds. The second-order valence-electron chi connectivity index (χ2n) is 13.5. The van der Waals surface area contributed by atoms with E-state index in [4.69, 9.17) is 9.97 Å². The molecule has 6 rings (SSSR count). The number of hydrogen-bond donors (Lipinski definition) is 1. The average Bonchev–Trinajstić information content (AvgIpc) is 3.30. The molecule has 206 valence electrons. The number of rotatable bonds is 3. The third kappa shape index (κ3) is 5.06. The molecule has 0 unspecified atom stereocenters. The molecule has 0 aliphatic rings. The first-order chi connectivity index (χ1) is 19.4. The van der Waals surface area contributed by atoms with Crippen molar-refractivity contribution in [3.63, 3.8) is 0 Å². The van der Waals surface area contributed by atoms with Crippen molar-refractivity contribution in [3.05, 3.63) is 107 Å². The van der Waals surface area contributed by atoms with Gasteiger partial charge in [0, 0.05) is 39.4 Å². The van der Waals surface area contributed by atoms with Gasteiger partial charge in [-0.05, 0) is 102 Å². The minimum Gasteiger partial charge on any atom is -0.353 e. The first-order valence-corrected chi connectivity index (χ1v) is 14.5. The lowest BCUT2D eigenvalue weighted by Gasteiger charge is -2.22. The number of hydrogen-bond acceptors (Lipinski definition) is 2. The summed E-state index contributed by atoms with van der Waals surface area (Å²) >= 11 is 0. The Morgan fingerprint density at radius 3 is 1.83 bits per heavy atom. The van der Waals surface area contributed by atoms with Gasteiger partial charge in [-0.2, -0.15) is 0 Å². The molecule has 3 heteroatoms. The van der Waals surface area contributed by atoms with Crippen molar-refractivity contribution in [3.8, 4) is 33.6 Å². The third-order valence-corrected chi connectivity index (χ3v) is 8.06. The molecule has 0 saturated carbocycles. The van der Waals surface area contributed by atoms with Crippen molar-refractivity contribution < 1.29 is 0 Å². The monoisotopic (exact) mass is 537 g/mol. The van der Waals surface area contributed by atoms with E-state index >= 15 is 0 Å². The molecule has 3 aromatic carbocycles. The van der Waals surface area contributed by atoms with Gasteiger partial charge in [-0.15, -0.1) is 0 Å². The quantitative estimate of drug-likeness (QED) is 0.244. The first kappa shape index (κ1) is 27.0. The van der Waals surface area contributed by atoms with Crippen LogP contribution in [0.5, 0.6) is 0 Å². The Labute approximate surface area is 243 Å². The molecule has 0 aliphatic heterocycles. The number of fused-ring (bicyclic) bond motifs is 3. The fraction of sp³-hybridized carbons (Fsp3) is 0.263. The molecule has 0 saturated heterocycles. The fourth-order valence-electron chi connectivity index (χ4n) is 5.76. The lowest BCUT2D eigenvalue weighted by molar-refractivity contribution is 0.590. The molecule has 0 fully saturated rings. The number of aryl methyl sites for hydroxylation is 2. The fourth-order valence-corrected chi connectivity index (χ4v) is 5.76. The van der Waals surface area contributed by atoms with Gasteiger partial charge in [-0.3, -0.25) is 9.97 Å². The van der Waals surface area contributed by atoms with Crippen LogP contribution in [0.15, 0.2) is 85.1 Å². The van der Waals surface area contributed by atoms with Crippen LogP contribution in [0.1, 0.15) is 63.9 Å². The zero-order chi connectivity index (χ0) is 29.1. The maximum atomic E-state index is 4.86. The Morgan fingerprint density at radius 2 is 1.22 bits per heavy atom. The van der Waals surface area contributed by atoms with Gasteiger partial charge >= 0.3 is 0 Å². The van der Waals surface area contributed by atoms with E-state index in [2.05, 4.69) is 133 Å². The molecule has 3 nitrogen and oxygen atoms in total. The molecule has 41 heavy (non-hydrogen) atoms. The zero-order valence-electron chi connectivity index (χ0n) is 25.5. The molecule has 0 radical (unpaired) electrons. The van der Waals surface area contributed by atoms with Gasteiger partial charge < -0.3 is 4.98 Å². The van der Waals surface area contributed by atoms with Crippen LogP contribution in [0, 0.1) is 13.8 Å². The number of benzene rings is 3. The molecule has 0 bridgehead atoms. The van der Waals surface area contributed by atoms with Crippen LogP contribution in [0.4, 0.5) is 0 Å². The first-order valence-electron chi connectivity index (χ1n) is 14.5. The highest BCUT2D eigenvalue weighted by Crippen LogP contribution is 2.42. The van der Waals surface area contributed by atoms with Crippen molar-refractivity contribution in [1.82, 2.24) is 15.0 Å². The Morgan fingerprint density at radius 1 is 0.585 bits per heavy atom. The van der Waals surface area contributed by atoms with Crippen LogP contribution < -0.4 is 0 Å². The van der Waals surface area contributed by atoms with E-state index in [1.165, 1.54) is 38.6 Å². The average molecular weight is 538 g/mol. The molecular weight excluding hydrogens is 498 g/mol. The van der Waals surface area contributed by atoms with E-state index in [1.807, 2.05) is 12.3 Å². The zero-order valence-corrected chi connectivity index (χ0v) is 25.5. The largest absolute Gasteiger partial charge is 0.353 e. The molecule has 0 atom stereocenters. The van der Waals surface area contributed by atoms with E-state index in [0.29, 0.717) is 0 Å². The lowest BCUT2D eigenvalue weighted by Crippen LogP contribution is -2.11. The third-order valence-electron chi connectivity index (χ3n) is 8.06. The Kier molecular flexibility index (Phi) is 6.37. The van der Waals surface area contributed by atoms with Crippen LogP contribution in [0.3, 0.4) is 0 Å². The van der Waals surface area contributed by atoms with Gasteiger partial charge in [0.05, 0.1) is 22.4 Å². The lowest BCUT2D eigenvalue weighted by atomic mass is 9.82. The Bertz CT molecular complexity index is 1890. The summed E-state index contributed by atoms with van der Waals surface area (Å²) in [5.74, 6) is 0. The van der Waals surface area contributed by atoms with Crippen molar-refractivity contribution in [1.29, 1.82) is 0 Å². The summed E-state index contributed by atoms with van der Waals surface area (Å²) in [7, 11) is 0. The topological polar surface area (TPSA) is 41.6 Å². The highest BCUT2D eigenvalue weighted by molar-refractivity contribution is 6.16. The van der Waals surface area contributed by atoms with Crippen molar-refractivity contribution in [2.45, 2.75) is 66.2 Å². The van der Waals surface area contributed by atoms with Gasteiger partial charge in [0.2, 0.25) is 0 Å². The molecule has 3 aromatic heterocycles. The Hall–Kier alpha value is -4.24. The Balaban J connectivity index is 1.69. The highest BCUT2D eigenvalue weighted by Gasteiger charge is 2.23. The number of pyridine rings is 2. The maximum Gasteiger partial charge on any atom is 0.0723 e. The van der Waals surface area contributed by atoms with Gasteiger partial charge in [0.25, 0.3) is 0 Å². The minimum atomic E-state index is -0.00912. The predicted octanol–water partition coefficient (Wildman–Crippen LogP) is 10.3. The molecule has 6 aromatic rings. The van der Waals surface area contributed by atoms with E-state index in [-0.39, 0.29) is 10.8 Å². The van der Waals surface area contributed by atoms with Gasteiger partial charge in [-0.1, -0.05) is 65.8 Å². The second kappa shape index (κ2) is 9.69. The van der Waals surface area contributed by atoms with Crippen LogP contribution in [-0.4, -0.2) is 15.0 Å². The van der Waals surface area contributed by atoms with E-state index in [0.717, 1.165) is 39.2 Å².